The molecule has 0 amide bonds. The number of fused-ring (bicyclic) bond motifs is 3. The van der Waals surface area contributed by atoms with Crippen LogP contribution >= 0.6 is 11.3 Å². The molecule has 0 fully saturated rings. The second kappa shape index (κ2) is 5.44. The van der Waals surface area contributed by atoms with Crippen LogP contribution in [-0.2, 0) is 19.4 Å². The van der Waals surface area contributed by atoms with Gasteiger partial charge in [0.25, 0.3) is 5.56 Å². The molecule has 0 unspecified atom stereocenters. The summed E-state index contributed by atoms with van der Waals surface area (Å²) in [6.07, 6.45) is 6.08. The average molecular weight is 302 g/mol. The standard InChI is InChI=1S/C15H18N4OS/c1-9(17-2)10(6-16)7-19-8-18-14-13(15(19)20)11-4-3-5-12(11)21-14/h6,8,16-17H,3-5,7H2,1-2H3/b10-9+,16-6?. The fourth-order valence-electron chi connectivity index (χ4n) is 2.75. The molecule has 21 heavy (non-hydrogen) atoms. The highest BCUT2D eigenvalue weighted by molar-refractivity contribution is 7.18. The van der Waals surface area contributed by atoms with Crippen LogP contribution in [0, 0.1) is 5.41 Å². The zero-order valence-corrected chi connectivity index (χ0v) is 13.0. The zero-order valence-electron chi connectivity index (χ0n) is 12.2. The van der Waals surface area contributed by atoms with Gasteiger partial charge in [0.05, 0.1) is 18.3 Å². The van der Waals surface area contributed by atoms with E-state index >= 15 is 0 Å². The van der Waals surface area contributed by atoms with E-state index in [0.717, 1.165) is 40.7 Å². The normalized spacial score (nSPS) is 15.0. The Bertz CT molecular complexity index is 800. The molecule has 0 spiro atoms. The van der Waals surface area contributed by atoms with Crippen molar-refractivity contribution < 1.29 is 0 Å². The maximum atomic E-state index is 12.7. The largest absolute Gasteiger partial charge is 0.391 e. The number of allylic oxidation sites excluding steroid dienone is 2. The minimum atomic E-state index is 0.0163. The predicted octanol–water partition coefficient (Wildman–Crippen LogP) is 2.09. The van der Waals surface area contributed by atoms with Gasteiger partial charge in [0.15, 0.2) is 0 Å². The quantitative estimate of drug-likeness (QED) is 0.850. The van der Waals surface area contributed by atoms with Crippen LogP contribution < -0.4 is 10.9 Å². The van der Waals surface area contributed by atoms with Crippen molar-refractivity contribution in [1.29, 1.82) is 5.41 Å². The monoisotopic (exact) mass is 302 g/mol. The van der Waals surface area contributed by atoms with E-state index in [2.05, 4.69) is 10.3 Å². The lowest BCUT2D eigenvalue weighted by molar-refractivity contribution is 0.741. The van der Waals surface area contributed by atoms with Gasteiger partial charge >= 0.3 is 0 Å². The van der Waals surface area contributed by atoms with Crippen molar-refractivity contribution in [3.63, 3.8) is 0 Å². The van der Waals surface area contributed by atoms with E-state index in [1.165, 1.54) is 16.7 Å². The highest BCUT2D eigenvalue weighted by Crippen LogP contribution is 2.34. The Hall–Kier alpha value is -1.95. The van der Waals surface area contributed by atoms with Crippen LogP contribution in [-0.4, -0.2) is 22.8 Å². The van der Waals surface area contributed by atoms with Crippen molar-refractivity contribution in [2.24, 2.45) is 0 Å². The Morgan fingerprint density at radius 1 is 1.57 bits per heavy atom. The smallest absolute Gasteiger partial charge is 0.262 e. The first-order valence-corrected chi connectivity index (χ1v) is 7.85. The van der Waals surface area contributed by atoms with Crippen molar-refractivity contribution in [2.75, 3.05) is 7.05 Å². The van der Waals surface area contributed by atoms with E-state index in [1.54, 1.807) is 22.2 Å². The summed E-state index contributed by atoms with van der Waals surface area (Å²) in [7, 11) is 1.81. The van der Waals surface area contributed by atoms with Gasteiger partial charge in [-0.3, -0.25) is 9.36 Å². The van der Waals surface area contributed by atoms with Gasteiger partial charge in [0.1, 0.15) is 4.83 Å². The lowest BCUT2D eigenvalue weighted by atomic mass is 10.2. The van der Waals surface area contributed by atoms with Crippen LogP contribution in [0.3, 0.4) is 0 Å². The van der Waals surface area contributed by atoms with Crippen molar-refractivity contribution in [3.8, 4) is 0 Å². The fraction of sp³-hybridized carbons (Fsp3) is 0.400. The molecule has 0 radical (unpaired) electrons. The van der Waals surface area contributed by atoms with Gasteiger partial charge < -0.3 is 10.7 Å². The van der Waals surface area contributed by atoms with Gasteiger partial charge in [-0.15, -0.1) is 11.3 Å². The Morgan fingerprint density at radius 3 is 3.10 bits per heavy atom. The topological polar surface area (TPSA) is 70.8 Å². The molecule has 0 aromatic carbocycles. The van der Waals surface area contributed by atoms with Crippen LogP contribution in [0.5, 0.6) is 0 Å². The maximum Gasteiger partial charge on any atom is 0.262 e. The summed E-state index contributed by atoms with van der Waals surface area (Å²) < 4.78 is 1.61. The summed E-state index contributed by atoms with van der Waals surface area (Å²) in [6.45, 7) is 2.28. The third kappa shape index (κ3) is 2.29. The fourth-order valence-corrected chi connectivity index (χ4v) is 3.97. The average Bonchev–Trinajstić information content (AvgIpc) is 3.06. The number of aromatic nitrogens is 2. The molecule has 3 rings (SSSR count). The van der Waals surface area contributed by atoms with Crippen LogP contribution in [0.2, 0.25) is 0 Å². The molecule has 1 aliphatic carbocycles. The molecule has 0 saturated heterocycles. The Morgan fingerprint density at radius 2 is 2.38 bits per heavy atom. The lowest BCUT2D eigenvalue weighted by Gasteiger charge is -2.09. The SMILES string of the molecule is CN/C(C)=C(\C=N)Cn1cnc2sc3c(c2c1=O)CCC3. The molecule has 2 heterocycles. The van der Waals surface area contributed by atoms with Crippen LogP contribution in [0.15, 0.2) is 22.4 Å². The van der Waals surface area contributed by atoms with E-state index in [9.17, 15) is 4.79 Å². The molecule has 2 N–H and O–H groups in total. The molecule has 0 saturated carbocycles. The van der Waals surface area contributed by atoms with Gasteiger partial charge in [0.2, 0.25) is 0 Å². The van der Waals surface area contributed by atoms with Crippen LogP contribution in [0.4, 0.5) is 0 Å². The summed E-state index contributed by atoms with van der Waals surface area (Å²) in [6, 6.07) is 0. The Labute approximate surface area is 126 Å². The van der Waals surface area contributed by atoms with Crippen LogP contribution in [0.25, 0.3) is 10.2 Å². The summed E-state index contributed by atoms with van der Waals surface area (Å²) in [4.78, 5) is 19.3. The molecule has 0 aliphatic heterocycles. The number of nitrogens with zero attached hydrogens (tertiary/aromatic N) is 2. The minimum Gasteiger partial charge on any atom is -0.391 e. The maximum absolute atomic E-state index is 12.7. The number of thiophene rings is 1. The molecule has 6 heteroatoms. The zero-order chi connectivity index (χ0) is 15.0. The summed E-state index contributed by atoms with van der Waals surface area (Å²) in [5.41, 5.74) is 2.90. The van der Waals surface area contributed by atoms with E-state index in [0.29, 0.717) is 6.54 Å². The van der Waals surface area contributed by atoms with Crippen molar-refractivity contribution in [2.45, 2.75) is 32.7 Å². The van der Waals surface area contributed by atoms with E-state index in [1.807, 2.05) is 14.0 Å². The van der Waals surface area contributed by atoms with Gasteiger partial charge in [-0.1, -0.05) is 0 Å². The molecule has 110 valence electrons. The Kier molecular flexibility index (Phi) is 3.63. The van der Waals surface area contributed by atoms with Gasteiger partial charge in [-0.25, -0.2) is 4.98 Å². The highest BCUT2D eigenvalue weighted by Gasteiger charge is 2.21. The van der Waals surface area contributed by atoms with E-state index in [4.69, 9.17) is 5.41 Å². The summed E-state index contributed by atoms with van der Waals surface area (Å²) >= 11 is 1.65. The number of nitrogens with one attached hydrogen (secondary N) is 2. The van der Waals surface area contributed by atoms with Gasteiger partial charge in [-0.05, 0) is 31.7 Å². The van der Waals surface area contributed by atoms with Crippen molar-refractivity contribution in [3.05, 3.63) is 38.4 Å². The number of hydrogen-bond acceptors (Lipinski definition) is 5. The molecular formula is C15H18N4OS. The first kappa shape index (κ1) is 14.0. The first-order valence-electron chi connectivity index (χ1n) is 7.03. The summed E-state index contributed by atoms with van der Waals surface area (Å²) in [5.74, 6) is 0. The minimum absolute atomic E-state index is 0.0163. The predicted molar refractivity (Wildman–Crippen MR) is 86.4 cm³/mol. The highest BCUT2D eigenvalue weighted by atomic mass is 32.1. The molecule has 2 aromatic rings. The van der Waals surface area contributed by atoms with Gasteiger partial charge in [-0.2, -0.15) is 0 Å². The molecule has 5 nitrogen and oxygen atoms in total. The van der Waals surface area contributed by atoms with E-state index in [-0.39, 0.29) is 5.56 Å². The second-order valence-corrected chi connectivity index (χ2v) is 6.34. The van der Waals surface area contributed by atoms with Crippen LogP contribution in [0.1, 0.15) is 23.8 Å². The van der Waals surface area contributed by atoms with Crippen molar-refractivity contribution in [1.82, 2.24) is 14.9 Å². The number of hydrogen-bond donors (Lipinski definition) is 2. The number of rotatable bonds is 4. The van der Waals surface area contributed by atoms with Crippen molar-refractivity contribution >= 4 is 27.8 Å². The molecule has 2 aromatic heterocycles. The molecule has 0 bridgehead atoms. The third-order valence-corrected chi connectivity index (χ3v) is 5.26. The first-order chi connectivity index (χ1) is 10.2. The third-order valence-electron chi connectivity index (χ3n) is 4.06. The Balaban J connectivity index is 2.11. The second-order valence-electron chi connectivity index (χ2n) is 5.26. The summed E-state index contributed by atoms with van der Waals surface area (Å²) in [5, 5.41) is 11.3. The molecule has 0 atom stereocenters. The number of aryl methyl sites for hydroxylation is 2. The van der Waals surface area contributed by atoms with Gasteiger partial charge in [0, 0.05) is 29.4 Å². The lowest BCUT2D eigenvalue weighted by Crippen LogP contribution is -2.23. The molecular weight excluding hydrogens is 284 g/mol. The van der Waals surface area contributed by atoms with E-state index < -0.39 is 0 Å². The molecule has 1 aliphatic rings.